The van der Waals surface area contributed by atoms with E-state index in [1.54, 1.807) is 12.3 Å². The minimum absolute atomic E-state index is 0.0754. The van der Waals surface area contributed by atoms with Crippen molar-refractivity contribution in [3.05, 3.63) is 65.5 Å². The van der Waals surface area contributed by atoms with Gasteiger partial charge in [-0.25, -0.2) is 0 Å². The van der Waals surface area contributed by atoms with Gasteiger partial charge in [-0.05, 0) is 61.4 Å². The van der Waals surface area contributed by atoms with Gasteiger partial charge < -0.3 is 10.2 Å². The number of aryl methyl sites for hydroxylation is 1. The van der Waals surface area contributed by atoms with Crippen molar-refractivity contribution in [3.63, 3.8) is 0 Å². The number of rotatable bonds is 8. The van der Waals surface area contributed by atoms with Crippen molar-refractivity contribution in [3.8, 4) is 0 Å². The van der Waals surface area contributed by atoms with E-state index < -0.39 is 11.7 Å². The molecule has 0 spiro atoms. The number of hydrogen-bond donors (Lipinski definition) is 1. The summed E-state index contributed by atoms with van der Waals surface area (Å²) in [5.41, 5.74) is 0.614. The van der Waals surface area contributed by atoms with Crippen LogP contribution >= 0.6 is 0 Å². The van der Waals surface area contributed by atoms with Crippen LogP contribution in [0.2, 0.25) is 0 Å². The van der Waals surface area contributed by atoms with E-state index in [0.717, 1.165) is 30.7 Å². The first-order chi connectivity index (χ1) is 15.3. The van der Waals surface area contributed by atoms with E-state index in [-0.39, 0.29) is 18.4 Å². The van der Waals surface area contributed by atoms with E-state index in [0.29, 0.717) is 50.3 Å². The molecule has 0 saturated carbocycles. The molecule has 5 nitrogen and oxygen atoms in total. The van der Waals surface area contributed by atoms with Gasteiger partial charge >= 0.3 is 6.18 Å². The third kappa shape index (κ3) is 7.35. The highest BCUT2D eigenvalue weighted by atomic mass is 19.4. The molecule has 0 atom stereocenters. The summed E-state index contributed by atoms with van der Waals surface area (Å²) in [6, 6.07) is 10.7. The highest BCUT2D eigenvalue weighted by Gasteiger charge is 2.30. The summed E-state index contributed by atoms with van der Waals surface area (Å²) >= 11 is 0. The fourth-order valence-electron chi connectivity index (χ4n) is 3.89. The molecule has 1 aliphatic rings. The zero-order valence-electron chi connectivity index (χ0n) is 17.9. The fourth-order valence-corrected chi connectivity index (χ4v) is 3.89. The van der Waals surface area contributed by atoms with Gasteiger partial charge in [-0.1, -0.05) is 18.2 Å². The fraction of sp³-hybridized carbons (Fsp3) is 0.458. The van der Waals surface area contributed by atoms with E-state index >= 15 is 0 Å². The van der Waals surface area contributed by atoms with E-state index in [4.69, 9.17) is 0 Å². The molecule has 1 saturated heterocycles. The number of carbonyl (C=O) groups is 2. The van der Waals surface area contributed by atoms with Gasteiger partial charge in [0.1, 0.15) is 0 Å². The van der Waals surface area contributed by atoms with Crippen LogP contribution in [0.3, 0.4) is 0 Å². The summed E-state index contributed by atoms with van der Waals surface area (Å²) < 4.78 is 38.3. The lowest BCUT2D eigenvalue weighted by atomic mass is 9.92. The minimum atomic E-state index is -4.39. The predicted octanol–water partition coefficient (Wildman–Crippen LogP) is 4.37. The van der Waals surface area contributed by atoms with Crippen molar-refractivity contribution in [1.29, 1.82) is 0 Å². The Morgan fingerprint density at radius 1 is 1.06 bits per heavy atom. The lowest BCUT2D eigenvalue weighted by molar-refractivity contribution is -0.137. The average molecular weight is 448 g/mol. The van der Waals surface area contributed by atoms with Crippen molar-refractivity contribution in [2.45, 2.75) is 51.2 Å². The molecule has 1 fully saturated rings. The van der Waals surface area contributed by atoms with Crippen molar-refractivity contribution in [2.75, 3.05) is 13.1 Å². The third-order valence-corrected chi connectivity index (χ3v) is 5.81. The molecule has 1 aliphatic heterocycles. The number of benzene rings is 1. The van der Waals surface area contributed by atoms with Crippen LogP contribution in [0.15, 0.2) is 48.7 Å². The summed E-state index contributed by atoms with van der Waals surface area (Å²) in [5.74, 6) is 0.332. The molecular weight excluding hydrogens is 419 g/mol. The Balaban J connectivity index is 1.33. The second-order valence-electron chi connectivity index (χ2n) is 8.16. The van der Waals surface area contributed by atoms with E-state index in [9.17, 15) is 22.8 Å². The molecule has 8 heteroatoms. The number of halogens is 3. The lowest BCUT2D eigenvalue weighted by Gasteiger charge is -2.32. The van der Waals surface area contributed by atoms with Crippen molar-refractivity contribution in [1.82, 2.24) is 15.2 Å². The Bertz CT molecular complexity index is 895. The van der Waals surface area contributed by atoms with Crippen LogP contribution in [0.25, 0.3) is 0 Å². The molecule has 172 valence electrons. The van der Waals surface area contributed by atoms with Gasteiger partial charge in [-0.15, -0.1) is 0 Å². The Labute approximate surface area is 186 Å². The van der Waals surface area contributed by atoms with E-state index in [1.807, 2.05) is 23.1 Å². The molecule has 2 heterocycles. The SMILES string of the molecule is O=C(CCC1CCN(C(=O)CCc2ccccn2)CC1)NCc1cccc(C(F)(F)F)c1. The molecule has 1 N–H and O–H groups in total. The molecule has 2 aromatic rings. The zero-order valence-corrected chi connectivity index (χ0v) is 17.9. The van der Waals surface area contributed by atoms with Crippen LogP contribution < -0.4 is 5.32 Å². The Morgan fingerprint density at radius 3 is 2.53 bits per heavy atom. The number of nitrogens with zero attached hydrogens (tertiary/aromatic N) is 2. The summed E-state index contributed by atoms with van der Waals surface area (Å²) in [6.07, 6.45) is 1.16. The highest BCUT2D eigenvalue weighted by Crippen LogP contribution is 2.29. The molecule has 0 aliphatic carbocycles. The van der Waals surface area contributed by atoms with Crippen LogP contribution in [0.1, 0.15) is 48.9 Å². The standard InChI is InChI=1S/C24H28F3N3O2/c25-24(26,27)20-5-3-4-19(16-20)17-29-22(31)9-7-18-11-14-30(15-12-18)23(32)10-8-21-6-1-2-13-28-21/h1-6,13,16,18H,7-12,14-15,17H2,(H,29,31). The lowest BCUT2D eigenvalue weighted by Crippen LogP contribution is -2.38. The number of amides is 2. The van der Waals surface area contributed by atoms with Crippen LogP contribution in [-0.2, 0) is 28.7 Å². The minimum Gasteiger partial charge on any atom is -0.352 e. The molecular formula is C24H28F3N3O2. The number of likely N-dealkylation sites (tertiary alicyclic amines) is 1. The molecule has 32 heavy (non-hydrogen) atoms. The maximum absolute atomic E-state index is 12.8. The quantitative estimate of drug-likeness (QED) is 0.654. The first-order valence-corrected chi connectivity index (χ1v) is 10.9. The first-order valence-electron chi connectivity index (χ1n) is 10.9. The predicted molar refractivity (Wildman–Crippen MR) is 114 cm³/mol. The van der Waals surface area contributed by atoms with Gasteiger partial charge in [-0.2, -0.15) is 13.2 Å². The normalized spacial score (nSPS) is 14.9. The maximum atomic E-state index is 12.8. The van der Waals surface area contributed by atoms with Gasteiger partial charge in [0.05, 0.1) is 5.56 Å². The number of piperidine rings is 1. The Morgan fingerprint density at radius 2 is 1.84 bits per heavy atom. The number of alkyl halides is 3. The zero-order chi connectivity index (χ0) is 23.0. The number of hydrogen-bond acceptors (Lipinski definition) is 3. The number of carbonyl (C=O) groups excluding carboxylic acids is 2. The van der Waals surface area contributed by atoms with E-state index in [1.165, 1.54) is 6.07 Å². The second kappa shape index (κ2) is 11.1. The van der Waals surface area contributed by atoms with Crippen LogP contribution in [0, 0.1) is 5.92 Å². The van der Waals surface area contributed by atoms with Gasteiger partial charge in [0.2, 0.25) is 11.8 Å². The molecule has 0 unspecified atom stereocenters. The summed E-state index contributed by atoms with van der Waals surface area (Å²) in [5, 5.41) is 2.70. The summed E-state index contributed by atoms with van der Waals surface area (Å²) in [7, 11) is 0. The monoisotopic (exact) mass is 447 g/mol. The smallest absolute Gasteiger partial charge is 0.352 e. The van der Waals surface area contributed by atoms with Gasteiger partial charge in [0, 0.05) is 44.4 Å². The van der Waals surface area contributed by atoms with Crippen molar-refractivity contribution < 1.29 is 22.8 Å². The maximum Gasteiger partial charge on any atom is 0.416 e. The van der Waals surface area contributed by atoms with Crippen LogP contribution in [0.4, 0.5) is 13.2 Å². The molecule has 0 bridgehead atoms. The molecule has 3 rings (SSSR count). The molecule has 1 aromatic heterocycles. The second-order valence-corrected chi connectivity index (χ2v) is 8.16. The molecule has 0 radical (unpaired) electrons. The van der Waals surface area contributed by atoms with Gasteiger partial charge in [0.25, 0.3) is 0 Å². The summed E-state index contributed by atoms with van der Waals surface area (Å²) in [6.45, 7) is 1.46. The average Bonchev–Trinajstić information content (AvgIpc) is 2.80. The topological polar surface area (TPSA) is 62.3 Å². The van der Waals surface area contributed by atoms with Crippen molar-refractivity contribution in [2.24, 2.45) is 5.92 Å². The number of aromatic nitrogens is 1. The summed E-state index contributed by atoms with van der Waals surface area (Å²) in [4.78, 5) is 30.7. The van der Waals surface area contributed by atoms with Crippen molar-refractivity contribution >= 4 is 11.8 Å². The van der Waals surface area contributed by atoms with Crippen LogP contribution in [-0.4, -0.2) is 34.8 Å². The van der Waals surface area contributed by atoms with Gasteiger partial charge in [-0.3, -0.25) is 14.6 Å². The Kier molecular flexibility index (Phi) is 8.25. The first kappa shape index (κ1) is 23.8. The largest absolute Gasteiger partial charge is 0.416 e. The van der Waals surface area contributed by atoms with Gasteiger partial charge in [0.15, 0.2) is 0 Å². The number of nitrogens with one attached hydrogen (secondary N) is 1. The molecule has 1 aromatic carbocycles. The number of pyridine rings is 1. The Hall–Kier alpha value is -2.90. The third-order valence-electron chi connectivity index (χ3n) is 5.81. The molecule has 2 amide bonds. The highest BCUT2D eigenvalue weighted by molar-refractivity contribution is 5.76. The van der Waals surface area contributed by atoms with E-state index in [2.05, 4.69) is 10.3 Å². The van der Waals surface area contributed by atoms with Crippen LogP contribution in [0.5, 0.6) is 0 Å².